The minimum atomic E-state index is -0.809. The quantitative estimate of drug-likeness (QED) is 0.801. The zero-order valence-corrected chi connectivity index (χ0v) is 11.3. The van der Waals surface area contributed by atoms with Gasteiger partial charge in [-0.05, 0) is 39.0 Å². The fraction of sp³-hybridized carbons (Fsp3) is 0.385. The minimum Gasteiger partial charge on any atom is -0.465 e. The molecule has 0 atom stereocenters. The van der Waals surface area contributed by atoms with Gasteiger partial charge in [0.05, 0.1) is 16.8 Å². The monoisotopic (exact) mass is 267 g/mol. The fourth-order valence-corrected chi connectivity index (χ4v) is 2.65. The van der Waals surface area contributed by atoms with E-state index in [9.17, 15) is 9.18 Å². The van der Waals surface area contributed by atoms with E-state index in [1.807, 2.05) is 0 Å². The molecule has 0 aliphatic rings. The number of thiazole rings is 1. The van der Waals surface area contributed by atoms with Crippen molar-refractivity contribution in [2.45, 2.75) is 26.2 Å². The van der Waals surface area contributed by atoms with Gasteiger partial charge in [0.2, 0.25) is 0 Å². The van der Waals surface area contributed by atoms with Crippen LogP contribution in [0.5, 0.6) is 0 Å². The van der Waals surface area contributed by atoms with Gasteiger partial charge in [0.15, 0.2) is 0 Å². The molecule has 3 nitrogen and oxygen atoms in total. The Morgan fingerprint density at radius 1 is 1.50 bits per heavy atom. The summed E-state index contributed by atoms with van der Waals surface area (Å²) in [6, 6.07) is 4.41. The van der Waals surface area contributed by atoms with E-state index in [4.69, 9.17) is 4.74 Å². The van der Waals surface area contributed by atoms with Crippen LogP contribution in [-0.2, 0) is 14.9 Å². The lowest BCUT2D eigenvalue weighted by Gasteiger charge is -2.19. The highest BCUT2D eigenvalue weighted by atomic mass is 32.1. The van der Waals surface area contributed by atoms with Crippen molar-refractivity contribution >= 4 is 27.5 Å². The van der Waals surface area contributed by atoms with Crippen molar-refractivity contribution in [2.75, 3.05) is 6.61 Å². The second-order valence-corrected chi connectivity index (χ2v) is 5.51. The first-order valence-electron chi connectivity index (χ1n) is 5.69. The molecule has 0 aliphatic heterocycles. The molecule has 1 heterocycles. The van der Waals surface area contributed by atoms with Crippen molar-refractivity contribution in [3.8, 4) is 0 Å². The van der Waals surface area contributed by atoms with Crippen LogP contribution in [0.25, 0.3) is 10.2 Å². The number of carbonyl (C=O) groups excluding carboxylic acids is 1. The first kappa shape index (κ1) is 13.0. The van der Waals surface area contributed by atoms with Crippen molar-refractivity contribution in [3.05, 3.63) is 29.0 Å². The van der Waals surface area contributed by atoms with Gasteiger partial charge in [-0.15, -0.1) is 11.3 Å². The lowest BCUT2D eigenvalue weighted by atomic mass is 9.95. The average molecular weight is 267 g/mol. The van der Waals surface area contributed by atoms with Gasteiger partial charge in [0.1, 0.15) is 16.2 Å². The maximum atomic E-state index is 13.1. The second-order valence-electron chi connectivity index (χ2n) is 4.48. The molecule has 0 N–H and O–H groups in total. The standard InChI is InChI=1S/C13H14FNO2S/c1-4-17-12(16)13(2,3)11-15-9-6-5-8(14)7-10(9)18-11/h5-7H,4H2,1-3H3. The van der Waals surface area contributed by atoms with Gasteiger partial charge in [0, 0.05) is 0 Å². The van der Waals surface area contributed by atoms with Gasteiger partial charge in [-0.1, -0.05) is 0 Å². The summed E-state index contributed by atoms with van der Waals surface area (Å²) in [5, 5.41) is 0.640. The molecule has 0 unspecified atom stereocenters. The zero-order chi connectivity index (χ0) is 13.3. The summed E-state index contributed by atoms with van der Waals surface area (Å²) in [5.41, 5.74) is -0.107. The van der Waals surface area contributed by atoms with E-state index < -0.39 is 5.41 Å². The van der Waals surface area contributed by atoms with Gasteiger partial charge >= 0.3 is 5.97 Å². The third kappa shape index (κ3) is 2.22. The highest BCUT2D eigenvalue weighted by Gasteiger charge is 2.34. The molecular formula is C13H14FNO2S. The number of hydrogen-bond donors (Lipinski definition) is 0. The molecule has 0 amide bonds. The third-order valence-corrected chi connectivity index (χ3v) is 4.01. The highest BCUT2D eigenvalue weighted by Crippen LogP contribution is 2.32. The van der Waals surface area contributed by atoms with Gasteiger partial charge in [0.25, 0.3) is 0 Å². The molecule has 0 saturated carbocycles. The minimum absolute atomic E-state index is 0.299. The Kier molecular flexibility index (Phi) is 3.34. The van der Waals surface area contributed by atoms with Crippen LogP contribution in [0.3, 0.4) is 0 Å². The topological polar surface area (TPSA) is 39.2 Å². The van der Waals surface area contributed by atoms with Crippen molar-refractivity contribution in [3.63, 3.8) is 0 Å². The number of ether oxygens (including phenoxy) is 1. The molecule has 2 aromatic rings. The van der Waals surface area contributed by atoms with Crippen molar-refractivity contribution in [1.29, 1.82) is 0 Å². The third-order valence-electron chi connectivity index (χ3n) is 2.67. The Morgan fingerprint density at radius 2 is 2.22 bits per heavy atom. The van der Waals surface area contributed by atoms with Crippen LogP contribution < -0.4 is 0 Å². The number of hydrogen-bond acceptors (Lipinski definition) is 4. The van der Waals surface area contributed by atoms with Gasteiger partial charge < -0.3 is 4.74 Å². The number of rotatable bonds is 3. The Hall–Kier alpha value is -1.49. The number of carbonyl (C=O) groups is 1. The molecule has 0 spiro atoms. The highest BCUT2D eigenvalue weighted by molar-refractivity contribution is 7.18. The Morgan fingerprint density at radius 3 is 2.89 bits per heavy atom. The SMILES string of the molecule is CCOC(=O)C(C)(C)c1nc2ccc(F)cc2s1. The number of benzene rings is 1. The summed E-state index contributed by atoms with van der Waals surface area (Å²) in [4.78, 5) is 16.3. The lowest BCUT2D eigenvalue weighted by Crippen LogP contribution is -2.30. The maximum Gasteiger partial charge on any atom is 0.318 e. The van der Waals surface area contributed by atoms with E-state index in [-0.39, 0.29) is 11.8 Å². The predicted octanol–water partition coefficient (Wildman–Crippen LogP) is 3.28. The normalized spacial score (nSPS) is 11.8. The van der Waals surface area contributed by atoms with Crippen LogP contribution in [-0.4, -0.2) is 17.6 Å². The smallest absolute Gasteiger partial charge is 0.318 e. The van der Waals surface area contributed by atoms with Crippen molar-refractivity contribution in [1.82, 2.24) is 4.98 Å². The van der Waals surface area contributed by atoms with Crippen molar-refractivity contribution in [2.24, 2.45) is 0 Å². The lowest BCUT2D eigenvalue weighted by molar-refractivity contribution is -0.148. The average Bonchev–Trinajstić information content (AvgIpc) is 2.72. The van der Waals surface area contributed by atoms with Gasteiger partial charge in [-0.2, -0.15) is 0 Å². The fourth-order valence-electron chi connectivity index (χ4n) is 1.56. The molecule has 5 heteroatoms. The summed E-state index contributed by atoms with van der Waals surface area (Å²) in [5.74, 6) is -0.615. The summed E-state index contributed by atoms with van der Waals surface area (Å²) in [7, 11) is 0. The number of aromatic nitrogens is 1. The van der Waals surface area contributed by atoms with Crippen LogP contribution in [0.1, 0.15) is 25.8 Å². The van der Waals surface area contributed by atoms with E-state index in [2.05, 4.69) is 4.98 Å². The van der Waals surface area contributed by atoms with E-state index in [0.717, 1.165) is 4.70 Å². The van der Waals surface area contributed by atoms with Crippen LogP contribution in [0.2, 0.25) is 0 Å². The molecule has 1 aromatic carbocycles. The summed E-state index contributed by atoms with van der Waals surface area (Å²) < 4.78 is 18.9. The molecular weight excluding hydrogens is 253 g/mol. The van der Waals surface area contributed by atoms with Crippen LogP contribution in [0, 0.1) is 5.82 Å². The molecule has 0 radical (unpaired) electrons. The van der Waals surface area contributed by atoms with E-state index in [1.54, 1.807) is 26.8 Å². The number of esters is 1. The van der Waals surface area contributed by atoms with Crippen LogP contribution in [0.15, 0.2) is 18.2 Å². The first-order valence-corrected chi connectivity index (χ1v) is 6.50. The molecule has 2 rings (SSSR count). The maximum absolute atomic E-state index is 13.1. The first-order chi connectivity index (χ1) is 8.45. The van der Waals surface area contributed by atoms with E-state index in [0.29, 0.717) is 17.1 Å². The predicted molar refractivity (Wildman–Crippen MR) is 69.2 cm³/mol. The molecule has 0 bridgehead atoms. The summed E-state index contributed by atoms with van der Waals surface area (Å²) in [6.07, 6.45) is 0. The van der Waals surface area contributed by atoms with E-state index >= 15 is 0 Å². The number of nitrogens with zero attached hydrogens (tertiary/aromatic N) is 1. The Balaban J connectivity index is 2.44. The summed E-state index contributed by atoms with van der Waals surface area (Å²) in [6.45, 7) is 5.63. The van der Waals surface area contributed by atoms with Gasteiger partial charge in [-0.25, -0.2) is 9.37 Å². The zero-order valence-electron chi connectivity index (χ0n) is 10.5. The molecule has 0 saturated heterocycles. The second kappa shape index (κ2) is 4.65. The van der Waals surface area contributed by atoms with E-state index in [1.165, 1.54) is 23.5 Å². The molecule has 18 heavy (non-hydrogen) atoms. The number of fused-ring (bicyclic) bond motifs is 1. The van der Waals surface area contributed by atoms with Gasteiger partial charge in [-0.3, -0.25) is 4.79 Å². The van der Waals surface area contributed by atoms with Crippen molar-refractivity contribution < 1.29 is 13.9 Å². The summed E-state index contributed by atoms with van der Waals surface area (Å²) >= 11 is 1.32. The Labute approximate surface area is 109 Å². The molecule has 0 fully saturated rings. The number of halogens is 1. The molecule has 96 valence electrons. The largest absolute Gasteiger partial charge is 0.465 e. The van der Waals surface area contributed by atoms with Crippen LogP contribution >= 0.6 is 11.3 Å². The Bertz CT molecular complexity index is 592. The molecule has 0 aliphatic carbocycles. The molecule has 1 aromatic heterocycles. The van der Waals surface area contributed by atoms with Crippen LogP contribution in [0.4, 0.5) is 4.39 Å².